The van der Waals surface area contributed by atoms with Crippen molar-refractivity contribution in [3.05, 3.63) is 30.1 Å². The summed E-state index contributed by atoms with van der Waals surface area (Å²) in [5, 5.41) is 0. The first kappa shape index (κ1) is 8.23. The Kier molecular flexibility index (Phi) is 2.25. The molecule has 1 fully saturated rings. The lowest BCUT2D eigenvalue weighted by molar-refractivity contribution is -0.147. The third-order valence-corrected chi connectivity index (χ3v) is 2.25. The molecule has 1 aromatic rings. The predicted octanol–water partition coefficient (Wildman–Crippen LogP) is 1.50. The van der Waals surface area contributed by atoms with Gasteiger partial charge < -0.3 is 4.74 Å². The van der Waals surface area contributed by atoms with Crippen LogP contribution in [0.1, 0.15) is 24.5 Å². The van der Waals surface area contributed by atoms with Gasteiger partial charge in [0, 0.05) is 17.8 Å². The lowest BCUT2D eigenvalue weighted by Crippen LogP contribution is -2.19. The van der Waals surface area contributed by atoms with E-state index in [-0.39, 0.29) is 11.9 Å². The van der Waals surface area contributed by atoms with Crippen LogP contribution in [0.3, 0.4) is 0 Å². The molecule has 3 nitrogen and oxygen atoms in total. The maximum Gasteiger partial charge on any atom is 0.306 e. The Bertz CT molecular complexity index is 297. The predicted molar refractivity (Wildman–Crippen MR) is 47.2 cm³/mol. The number of cyclic esters (lactones) is 1. The van der Waals surface area contributed by atoms with Crippen molar-refractivity contribution in [1.29, 1.82) is 0 Å². The number of nitrogens with zero attached hydrogens (tertiary/aromatic N) is 1. The number of pyridine rings is 1. The van der Waals surface area contributed by atoms with Gasteiger partial charge in [0.25, 0.3) is 0 Å². The van der Waals surface area contributed by atoms with E-state index in [2.05, 4.69) is 4.98 Å². The van der Waals surface area contributed by atoms with Crippen LogP contribution in [0, 0.1) is 0 Å². The second-order valence-corrected chi connectivity index (χ2v) is 3.16. The molecule has 3 heteroatoms. The van der Waals surface area contributed by atoms with Crippen LogP contribution in [0.5, 0.6) is 0 Å². The Morgan fingerprint density at radius 3 is 3.08 bits per heavy atom. The molecule has 0 spiro atoms. The number of carbonyl (C=O) groups is 1. The monoisotopic (exact) mass is 177 g/mol. The molecule has 13 heavy (non-hydrogen) atoms. The molecule has 0 radical (unpaired) electrons. The second kappa shape index (κ2) is 3.56. The van der Waals surface area contributed by atoms with Crippen molar-refractivity contribution >= 4 is 5.97 Å². The molecule has 1 aromatic heterocycles. The van der Waals surface area contributed by atoms with Crippen molar-refractivity contribution in [2.45, 2.75) is 18.8 Å². The molecular weight excluding hydrogens is 166 g/mol. The third-order valence-electron chi connectivity index (χ3n) is 2.25. The highest BCUT2D eigenvalue weighted by Crippen LogP contribution is 2.25. The quantitative estimate of drug-likeness (QED) is 0.610. The summed E-state index contributed by atoms with van der Waals surface area (Å²) < 4.78 is 4.86. The molecular formula is C10H11NO2. The van der Waals surface area contributed by atoms with E-state index < -0.39 is 0 Å². The number of carbonyl (C=O) groups excluding carboxylic acids is 1. The molecule has 1 atom stereocenters. The highest BCUT2D eigenvalue weighted by Gasteiger charge is 2.22. The first-order valence-corrected chi connectivity index (χ1v) is 4.43. The van der Waals surface area contributed by atoms with Crippen molar-refractivity contribution in [2.75, 3.05) is 6.61 Å². The van der Waals surface area contributed by atoms with Gasteiger partial charge in [0.15, 0.2) is 0 Å². The molecule has 1 unspecified atom stereocenters. The van der Waals surface area contributed by atoms with Gasteiger partial charge in [-0.2, -0.15) is 0 Å². The van der Waals surface area contributed by atoms with Crippen molar-refractivity contribution in [1.82, 2.24) is 4.98 Å². The zero-order valence-corrected chi connectivity index (χ0v) is 7.27. The minimum atomic E-state index is -0.109. The summed E-state index contributed by atoms with van der Waals surface area (Å²) in [6.45, 7) is 0.528. The number of aromatic nitrogens is 1. The average Bonchev–Trinajstić information content (AvgIpc) is 2.19. The van der Waals surface area contributed by atoms with Gasteiger partial charge in [0.1, 0.15) is 0 Å². The van der Waals surface area contributed by atoms with E-state index in [1.807, 2.05) is 18.2 Å². The average molecular weight is 177 g/mol. The number of rotatable bonds is 1. The number of ether oxygens (including phenoxy) is 1. The van der Waals surface area contributed by atoms with Crippen LogP contribution < -0.4 is 0 Å². The maximum absolute atomic E-state index is 11.0. The summed E-state index contributed by atoms with van der Waals surface area (Å²) in [6, 6.07) is 5.79. The van der Waals surface area contributed by atoms with E-state index in [9.17, 15) is 4.79 Å². The Labute approximate surface area is 76.7 Å². The highest BCUT2D eigenvalue weighted by molar-refractivity contribution is 5.71. The number of hydrogen-bond acceptors (Lipinski definition) is 3. The van der Waals surface area contributed by atoms with Crippen LogP contribution in [0.4, 0.5) is 0 Å². The molecule has 0 aliphatic carbocycles. The van der Waals surface area contributed by atoms with Gasteiger partial charge in [0.2, 0.25) is 0 Å². The number of esters is 1. The summed E-state index contributed by atoms with van der Waals surface area (Å²) in [5.74, 6) is 0.143. The Balaban J connectivity index is 2.13. The van der Waals surface area contributed by atoms with E-state index in [1.54, 1.807) is 6.20 Å². The van der Waals surface area contributed by atoms with Gasteiger partial charge in [0.05, 0.1) is 13.0 Å². The summed E-state index contributed by atoms with van der Waals surface area (Å²) in [4.78, 5) is 15.2. The zero-order chi connectivity index (χ0) is 9.10. The van der Waals surface area contributed by atoms with Gasteiger partial charge in [-0.05, 0) is 18.6 Å². The fraction of sp³-hybridized carbons (Fsp3) is 0.400. The smallest absolute Gasteiger partial charge is 0.306 e. The zero-order valence-electron chi connectivity index (χ0n) is 7.27. The summed E-state index contributed by atoms with van der Waals surface area (Å²) in [6.07, 6.45) is 3.12. The van der Waals surface area contributed by atoms with Gasteiger partial charge in [-0.1, -0.05) is 6.07 Å². The van der Waals surface area contributed by atoms with E-state index in [4.69, 9.17) is 4.74 Å². The fourth-order valence-corrected chi connectivity index (χ4v) is 1.55. The van der Waals surface area contributed by atoms with Crippen LogP contribution in [0.25, 0.3) is 0 Å². The van der Waals surface area contributed by atoms with Gasteiger partial charge in [-0.15, -0.1) is 0 Å². The van der Waals surface area contributed by atoms with Crippen LogP contribution in [-0.4, -0.2) is 17.6 Å². The van der Waals surface area contributed by atoms with E-state index in [0.29, 0.717) is 13.0 Å². The van der Waals surface area contributed by atoms with Gasteiger partial charge >= 0.3 is 5.97 Å². The summed E-state index contributed by atoms with van der Waals surface area (Å²) in [7, 11) is 0. The van der Waals surface area contributed by atoms with Crippen molar-refractivity contribution < 1.29 is 9.53 Å². The summed E-state index contributed by atoms with van der Waals surface area (Å²) in [5.41, 5.74) is 0.999. The second-order valence-electron chi connectivity index (χ2n) is 3.16. The first-order chi connectivity index (χ1) is 6.36. The molecule has 1 saturated heterocycles. The Hall–Kier alpha value is -1.38. The Morgan fingerprint density at radius 1 is 1.46 bits per heavy atom. The third kappa shape index (κ3) is 1.86. The first-order valence-electron chi connectivity index (χ1n) is 4.43. The van der Waals surface area contributed by atoms with E-state index >= 15 is 0 Å². The van der Waals surface area contributed by atoms with Crippen LogP contribution in [0.15, 0.2) is 24.4 Å². The molecule has 2 heterocycles. The van der Waals surface area contributed by atoms with Crippen LogP contribution in [-0.2, 0) is 9.53 Å². The molecule has 0 N–H and O–H groups in total. The van der Waals surface area contributed by atoms with E-state index in [1.165, 1.54) is 0 Å². The minimum Gasteiger partial charge on any atom is -0.466 e. The Morgan fingerprint density at radius 2 is 2.38 bits per heavy atom. The normalized spacial score (nSPS) is 22.5. The van der Waals surface area contributed by atoms with Crippen LogP contribution >= 0.6 is 0 Å². The fourth-order valence-electron chi connectivity index (χ4n) is 1.55. The van der Waals surface area contributed by atoms with Crippen molar-refractivity contribution in [2.24, 2.45) is 0 Å². The lowest BCUT2D eigenvalue weighted by Gasteiger charge is -2.20. The lowest BCUT2D eigenvalue weighted by atomic mass is 9.96. The van der Waals surface area contributed by atoms with Crippen LogP contribution in [0.2, 0.25) is 0 Å². The minimum absolute atomic E-state index is 0.109. The highest BCUT2D eigenvalue weighted by atomic mass is 16.5. The van der Waals surface area contributed by atoms with Crippen molar-refractivity contribution in [3.63, 3.8) is 0 Å². The van der Waals surface area contributed by atoms with Crippen molar-refractivity contribution in [3.8, 4) is 0 Å². The molecule has 68 valence electrons. The standard InChI is InChI=1S/C10H11NO2/c12-10-7-8(4-6-13-10)9-3-1-2-5-11-9/h1-3,5,8H,4,6-7H2. The van der Waals surface area contributed by atoms with Gasteiger partial charge in [-0.3, -0.25) is 9.78 Å². The van der Waals surface area contributed by atoms with E-state index in [0.717, 1.165) is 12.1 Å². The molecule has 0 amide bonds. The summed E-state index contributed by atoms with van der Waals surface area (Å²) >= 11 is 0. The SMILES string of the molecule is O=C1CC(c2ccccn2)CCO1. The van der Waals surface area contributed by atoms with Gasteiger partial charge in [-0.25, -0.2) is 0 Å². The topological polar surface area (TPSA) is 39.2 Å². The largest absolute Gasteiger partial charge is 0.466 e. The molecule has 2 rings (SSSR count). The number of hydrogen-bond donors (Lipinski definition) is 0. The molecule has 0 bridgehead atoms. The molecule has 1 aliphatic heterocycles. The molecule has 0 saturated carbocycles. The molecule has 0 aromatic carbocycles. The molecule has 1 aliphatic rings. The maximum atomic E-state index is 11.0.